The second kappa shape index (κ2) is 7.32. The predicted octanol–water partition coefficient (Wildman–Crippen LogP) is 4.33. The van der Waals surface area contributed by atoms with Crippen LogP contribution in [0.2, 0.25) is 0 Å². The molecule has 4 heteroatoms. The van der Waals surface area contributed by atoms with E-state index in [1.807, 2.05) is 11.8 Å². The second-order valence-electron chi connectivity index (χ2n) is 4.23. The molecule has 0 saturated carbocycles. The lowest BCUT2D eigenvalue weighted by Crippen LogP contribution is -2.04. The number of hydrogen-bond donors (Lipinski definition) is 0. The summed E-state index contributed by atoms with van der Waals surface area (Å²) in [6.07, 6.45) is 2.14. The summed E-state index contributed by atoms with van der Waals surface area (Å²) in [5.41, 5.74) is 3.57. The highest BCUT2D eigenvalue weighted by Crippen LogP contribution is 2.29. The number of rotatable bonds is 7. The van der Waals surface area contributed by atoms with E-state index in [1.165, 1.54) is 29.2 Å². The van der Waals surface area contributed by atoms with E-state index in [2.05, 4.69) is 37.5 Å². The van der Waals surface area contributed by atoms with Crippen molar-refractivity contribution in [2.45, 2.75) is 52.5 Å². The molecule has 0 bridgehead atoms. The van der Waals surface area contributed by atoms with Gasteiger partial charge in [0, 0.05) is 17.8 Å². The van der Waals surface area contributed by atoms with Crippen molar-refractivity contribution in [2.75, 3.05) is 11.5 Å². The molecule has 0 N–H and O–H groups in total. The van der Waals surface area contributed by atoms with Crippen molar-refractivity contribution in [3.05, 3.63) is 17.0 Å². The summed E-state index contributed by atoms with van der Waals surface area (Å²) < 4.78 is 2.12. The molecule has 0 aliphatic rings. The van der Waals surface area contributed by atoms with Crippen LogP contribution in [0.3, 0.4) is 0 Å². The van der Waals surface area contributed by atoms with E-state index < -0.39 is 0 Å². The third-order valence-electron chi connectivity index (χ3n) is 2.97. The molecule has 0 spiro atoms. The molecule has 1 atom stereocenters. The van der Waals surface area contributed by atoms with Crippen molar-refractivity contribution in [1.82, 2.24) is 9.78 Å². The Morgan fingerprint density at radius 1 is 1.35 bits per heavy atom. The van der Waals surface area contributed by atoms with Crippen LogP contribution in [0.1, 0.15) is 49.0 Å². The number of halogens is 1. The zero-order valence-corrected chi connectivity index (χ0v) is 12.9. The monoisotopic (exact) mass is 274 g/mol. The summed E-state index contributed by atoms with van der Waals surface area (Å²) in [6.45, 7) is 9.52. The standard InChI is InChI=1S/C13H23ClN2S/c1-5-12(14)13-10(3)15-16(11(13)4)8-7-9-17-6-2/h12H,5-9H2,1-4H3. The molecule has 0 amide bonds. The molecule has 0 aliphatic heterocycles. The molecule has 17 heavy (non-hydrogen) atoms. The lowest BCUT2D eigenvalue weighted by atomic mass is 10.1. The molecule has 98 valence electrons. The first-order chi connectivity index (χ1) is 8.11. The minimum Gasteiger partial charge on any atom is -0.269 e. The Morgan fingerprint density at radius 2 is 2.06 bits per heavy atom. The Balaban J connectivity index is 2.68. The third-order valence-corrected chi connectivity index (χ3v) is 4.48. The second-order valence-corrected chi connectivity index (χ2v) is 6.15. The van der Waals surface area contributed by atoms with Gasteiger partial charge in [-0.05, 0) is 38.2 Å². The number of thioether (sulfide) groups is 1. The van der Waals surface area contributed by atoms with Crippen molar-refractivity contribution in [2.24, 2.45) is 0 Å². The Kier molecular flexibility index (Phi) is 6.42. The normalized spacial score (nSPS) is 13.0. The molecule has 1 heterocycles. The Morgan fingerprint density at radius 3 is 2.65 bits per heavy atom. The Labute approximate surface area is 114 Å². The average Bonchev–Trinajstić information content (AvgIpc) is 2.59. The van der Waals surface area contributed by atoms with E-state index >= 15 is 0 Å². The number of aromatic nitrogens is 2. The van der Waals surface area contributed by atoms with E-state index in [9.17, 15) is 0 Å². The topological polar surface area (TPSA) is 17.8 Å². The lowest BCUT2D eigenvalue weighted by molar-refractivity contribution is 0.585. The molecule has 1 aromatic rings. The molecular formula is C13H23ClN2S. The van der Waals surface area contributed by atoms with E-state index in [1.54, 1.807) is 0 Å². The molecule has 2 nitrogen and oxygen atoms in total. The lowest BCUT2D eigenvalue weighted by Gasteiger charge is -2.08. The molecular weight excluding hydrogens is 252 g/mol. The number of hydrogen-bond acceptors (Lipinski definition) is 2. The van der Waals surface area contributed by atoms with Crippen molar-refractivity contribution in [1.29, 1.82) is 0 Å². The van der Waals surface area contributed by atoms with Gasteiger partial charge in [0.25, 0.3) is 0 Å². The largest absolute Gasteiger partial charge is 0.269 e. The van der Waals surface area contributed by atoms with Crippen LogP contribution in [0, 0.1) is 13.8 Å². The molecule has 0 radical (unpaired) electrons. The van der Waals surface area contributed by atoms with Gasteiger partial charge in [-0.1, -0.05) is 13.8 Å². The summed E-state index contributed by atoms with van der Waals surface area (Å²) in [7, 11) is 0. The molecule has 0 aliphatic carbocycles. The summed E-state index contributed by atoms with van der Waals surface area (Å²) >= 11 is 8.33. The SMILES string of the molecule is CCSCCCn1nc(C)c(C(Cl)CC)c1C. The van der Waals surface area contributed by atoms with Gasteiger partial charge >= 0.3 is 0 Å². The van der Waals surface area contributed by atoms with Gasteiger partial charge in [0.05, 0.1) is 11.1 Å². The summed E-state index contributed by atoms with van der Waals surface area (Å²) in [5, 5.41) is 4.71. The van der Waals surface area contributed by atoms with Gasteiger partial charge in [0.2, 0.25) is 0 Å². The molecule has 1 unspecified atom stereocenters. The highest BCUT2D eigenvalue weighted by Gasteiger charge is 2.17. The Bertz CT molecular complexity index is 349. The first-order valence-electron chi connectivity index (χ1n) is 6.37. The maximum atomic E-state index is 6.34. The Hall–Kier alpha value is -0.150. The number of aryl methyl sites for hydroxylation is 2. The van der Waals surface area contributed by atoms with Gasteiger partial charge in [-0.25, -0.2) is 0 Å². The smallest absolute Gasteiger partial charge is 0.0643 e. The van der Waals surface area contributed by atoms with Gasteiger partial charge in [0.15, 0.2) is 0 Å². The zero-order chi connectivity index (χ0) is 12.8. The molecule has 0 aromatic carbocycles. The van der Waals surface area contributed by atoms with Crippen LogP contribution in [-0.2, 0) is 6.54 Å². The third kappa shape index (κ3) is 3.92. The number of nitrogens with zero attached hydrogens (tertiary/aromatic N) is 2. The fourth-order valence-electron chi connectivity index (χ4n) is 2.05. The highest BCUT2D eigenvalue weighted by molar-refractivity contribution is 7.99. The van der Waals surface area contributed by atoms with Gasteiger partial charge < -0.3 is 0 Å². The van der Waals surface area contributed by atoms with Gasteiger partial charge in [0.1, 0.15) is 0 Å². The summed E-state index contributed by atoms with van der Waals surface area (Å²) in [4.78, 5) is 0. The molecule has 0 saturated heterocycles. The fourth-order valence-corrected chi connectivity index (χ4v) is 2.98. The van der Waals surface area contributed by atoms with Crippen LogP contribution in [0.5, 0.6) is 0 Å². The maximum Gasteiger partial charge on any atom is 0.0643 e. The van der Waals surface area contributed by atoms with E-state index in [0.29, 0.717) is 0 Å². The highest BCUT2D eigenvalue weighted by atomic mass is 35.5. The average molecular weight is 275 g/mol. The van der Waals surface area contributed by atoms with Crippen LogP contribution < -0.4 is 0 Å². The van der Waals surface area contributed by atoms with Crippen molar-refractivity contribution in [3.8, 4) is 0 Å². The minimum atomic E-state index is 0.105. The molecule has 0 fully saturated rings. The van der Waals surface area contributed by atoms with E-state index in [0.717, 1.165) is 18.7 Å². The first-order valence-corrected chi connectivity index (χ1v) is 7.96. The van der Waals surface area contributed by atoms with E-state index in [4.69, 9.17) is 11.6 Å². The first kappa shape index (κ1) is 14.9. The summed E-state index contributed by atoms with van der Waals surface area (Å²) in [6, 6.07) is 0. The molecule has 1 rings (SSSR count). The van der Waals surface area contributed by atoms with Crippen LogP contribution in [0.15, 0.2) is 0 Å². The number of alkyl halides is 1. The van der Waals surface area contributed by atoms with Crippen LogP contribution in [0.25, 0.3) is 0 Å². The van der Waals surface area contributed by atoms with Crippen molar-refractivity contribution in [3.63, 3.8) is 0 Å². The van der Waals surface area contributed by atoms with Gasteiger partial charge in [-0.15, -0.1) is 11.6 Å². The van der Waals surface area contributed by atoms with E-state index in [-0.39, 0.29) is 5.38 Å². The van der Waals surface area contributed by atoms with Crippen molar-refractivity contribution < 1.29 is 0 Å². The molecule has 1 aromatic heterocycles. The summed E-state index contributed by atoms with van der Waals surface area (Å²) in [5.74, 6) is 2.41. The quantitative estimate of drug-likeness (QED) is 0.544. The van der Waals surface area contributed by atoms with Gasteiger partial charge in [-0.2, -0.15) is 16.9 Å². The van der Waals surface area contributed by atoms with Crippen LogP contribution >= 0.6 is 23.4 Å². The van der Waals surface area contributed by atoms with Crippen LogP contribution in [0.4, 0.5) is 0 Å². The predicted molar refractivity (Wildman–Crippen MR) is 78.2 cm³/mol. The zero-order valence-electron chi connectivity index (χ0n) is 11.3. The van der Waals surface area contributed by atoms with Crippen LogP contribution in [-0.4, -0.2) is 21.3 Å². The maximum absolute atomic E-state index is 6.34. The van der Waals surface area contributed by atoms with Crippen molar-refractivity contribution >= 4 is 23.4 Å². The minimum absolute atomic E-state index is 0.105. The fraction of sp³-hybridized carbons (Fsp3) is 0.769. The van der Waals surface area contributed by atoms with Gasteiger partial charge in [-0.3, -0.25) is 4.68 Å².